The number of carbonyl (C=O) groups is 1. The molecule has 3 heterocycles. The molecule has 1 amide bonds. The van der Waals surface area contributed by atoms with E-state index in [1.807, 2.05) is 26.8 Å². The molecule has 0 fully saturated rings. The van der Waals surface area contributed by atoms with Gasteiger partial charge in [-0.1, -0.05) is 0 Å². The summed E-state index contributed by atoms with van der Waals surface area (Å²) in [5, 5.41) is 16.8. The monoisotopic (exact) mass is 337 g/mol. The van der Waals surface area contributed by atoms with E-state index in [9.17, 15) is 9.90 Å². The van der Waals surface area contributed by atoms with Crippen LogP contribution in [0.3, 0.4) is 0 Å². The number of aromatic hydroxyl groups is 1. The van der Waals surface area contributed by atoms with Crippen LogP contribution in [0.25, 0.3) is 17.1 Å². The lowest BCUT2D eigenvalue weighted by molar-refractivity contribution is 0.0914. The average molecular weight is 337 g/mol. The van der Waals surface area contributed by atoms with E-state index in [4.69, 9.17) is 0 Å². The Hall–Kier alpha value is -3.22. The lowest BCUT2D eigenvalue weighted by atomic mass is 10.1. The van der Waals surface area contributed by atoms with Gasteiger partial charge in [-0.3, -0.25) is 14.8 Å². The Morgan fingerprint density at radius 3 is 2.60 bits per heavy atom. The van der Waals surface area contributed by atoms with Crippen LogP contribution in [0.1, 0.15) is 31.3 Å². The van der Waals surface area contributed by atoms with Crippen LogP contribution in [0.2, 0.25) is 0 Å². The summed E-state index contributed by atoms with van der Waals surface area (Å²) in [4.78, 5) is 20.8. The summed E-state index contributed by atoms with van der Waals surface area (Å²) in [6, 6.07) is 8.52. The van der Waals surface area contributed by atoms with Crippen LogP contribution in [0.15, 0.2) is 48.9 Å². The van der Waals surface area contributed by atoms with Gasteiger partial charge < -0.3 is 10.4 Å². The van der Waals surface area contributed by atoms with Gasteiger partial charge in [0.25, 0.3) is 5.91 Å². The van der Waals surface area contributed by atoms with Gasteiger partial charge in [-0.2, -0.15) is 5.10 Å². The Labute approximate surface area is 145 Å². The van der Waals surface area contributed by atoms with Gasteiger partial charge in [0.15, 0.2) is 5.69 Å². The molecule has 0 aliphatic rings. The Morgan fingerprint density at radius 2 is 2.00 bits per heavy atom. The molecule has 2 N–H and O–H groups in total. The van der Waals surface area contributed by atoms with Gasteiger partial charge in [-0.05, 0) is 51.1 Å². The van der Waals surface area contributed by atoms with E-state index in [0.717, 1.165) is 0 Å². The van der Waals surface area contributed by atoms with E-state index in [-0.39, 0.29) is 22.9 Å². The van der Waals surface area contributed by atoms with E-state index in [2.05, 4.69) is 20.4 Å². The summed E-state index contributed by atoms with van der Waals surface area (Å²) in [6.07, 6.45) is 4.67. The zero-order chi connectivity index (χ0) is 18.0. The number of hydrogen-bond donors (Lipinski definition) is 2. The fourth-order valence-corrected chi connectivity index (χ4v) is 2.29. The van der Waals surface area contributed by atoms with Crippen molar-refractivity contribution in [3.8, 4) is 22.8 Å². The van der Waals surface area contributed by atoms with Gasteiger partial charge >= 0.3 is 0 Å². The van der Waals surface area contributed by atoms with Crippen molar-refractivity contribution < 1.29 is 9.90 Å². The summed E-state index contributed by atoms with van der Waals surface area (Å²) < 4.78 is 1.62. The van der Waals surface area contributed by atoms with Crippen molar-refractivity contribution >= 4 is 5.91 Å². The first kappa shape index (κ1) is 16.6. The number of nitrogens with one attached hydrogen (secondary N) is 1. The van der Waals surface area contributed by atoms with Crippen molar-refractivity contribution in [1.29, 1.82) is 0 Å². The summed E-state index contributed by atoms with van der Waals surface area (Å²) >= 11 is 0. The predicted octanol–water partition coefficient (Wildman–Crippen LogP) is 2.56. The fourth-order valence-electron chi connectivity index (χ4n) is 2.29. The van der Waals surface area contributed by atoms with E-state index in [1.54, 1.807) is 35.3 Å². The summed E-state index contributed by atoms with van der Waals surface area (Å²) in [7, 11) is 0. The number of nitrogens with zero attached hydrogens (tertiary/aromatic N) is 4. The Bertz CT molecular complexity index is 880. The second-order valence-corrected chi connectivity index (χ2v) is 6.64. The number of pyridine rings is 2. The summed E-state index contributed by atoms with van der Waals surface area (Å²) in [5.41, 5.74) is 1.84. The molecule has 0 atom stereocenters. The maximum absolute atomic E-state index is 12.5. The minimum atomic E-state index is -0.369. The third kappa shape index (κ3) is 3.82. The topological polar surface area (TPSA) is 92.9 Å². The van der Waals surface area contributed by atoms with Crippen LogP contribution in [0.4, 0.5) is 0 Å². The highest BCUT2D eigenvalue weighted by molar-refractivity contribution is 5.94. The zero-order valence-corrected chi connectivity index (χ0v) is 14.3. The molecular weight excluding hydrogens is 318 g/mol. The molecule has 0 spiro atoms. The number of aromatic nitrogens is 4. The fraction of sp³-hybridized carbons (Fsp3) is 0.222. The first-order valence-corrected chi connectivity index (χ1v) is 7.82. The van der Waals surface area contributed by atoms with Crippen molar-refractivity contribution in [3.63, 3.8) is 0 Å². The summed E-state index contributed by atoms with van der Waals surface area (Å²) in [5.74, 6) is -0.197. The quantitative estimate of drug-likeness (QED) is 0.766. The Morgan fingerprint density at radius 1 is 1.20 bits per heavy atom. The van der Waals surface area contributed by atoms with E-state index < -0.39 is 0 Å². The van der Waals surface area contributed by atoms with E-state index >= 15 is 0 Å². The first-order chi connectivity index (χ1) is 11.8. The van der Waals surface area contributed by atoms with E-state index in [0.29, 0.717) is 17.1 Å². The van der Waals surface area contributed by atoms with Crippen LogP contribution in [0, 0.1) is 0 Å². The highest BCUT2D eigenvalue weighted by Crippen LogP contribution is 2.23. The van der Waals surface area contributed by atoms with Gasteiger partial charge in [0.2, 0.25) is 0 Å². The SMILES string of the molecule is CC(C)(C)NC(=O)c1cc(-c2ccc(O)cn2)n(-c2cccnc2)n1. The van der Waals surface area contributed by atoms with Gasteiger partial charge in [-0.25, -0.2) is 4.68 Å². The second kappa shape index (κ2) is 6.35. The van der Waals surface area contributed by atoms with Crippen LogP contribution in [0.5, 0.6) is 5.75 Å². The zero-order valence-electron chi connectivity index (χ0n) is 14.3. The number of carbonyl (C=O) groups excluding carboxylic acids is 1. The van der Waals surface area contributed by atoms with Crippen molar-refractivity contribution in [2.24, 2.45) is 0 Å². The van der Waals surface area contributed by atoms with Crippen molar-refractivity contribution in [1.82, 2.24) is 25.1 Å². The molecule has 0 saturated heterocycles. The highest BCUT2D eigenvalue weighted by atomic mass is 16.3. The number of rotatable bonds is 3. The summed E-state index contributed by atoms with van der Waals surface area (Å²) in [6.45, 7) is 5.72. The first-order valence-electron chi connectivity index (χ1n) is 7.82. The molecule has 7 heteroatoms. The molecule has 3 rings (SSSR count). The number of hydrogen-bond acceptors (Lipinski definition) is 5. The molecule has 0 radical (unpaired) electrons. The molecule has 0 aliphatic carbocycles. The van der Waals surface area contributed by atoms with Crippen LogP contribution < -0.4 is 5.32 Å². The third-order valence-corrected chi connectivity index (χ3v) is 3.33. The minimum Gasteiger partial charge on any atom is -0.506 e. The Balaban J connectivity index is 2.09. The van der Waals surface area contributed by atoms with Crippen molar-refractivity contribution in [2.75, 3.05) is 0 Å². The van der Waals surface area contributed by atoms with Gasteiger partial charge in [0.1, 0.15) is 5.75 Å². The van der Waals surface area contributed by atoms with Gasteiger partial charge in [0, 0.05) is 11.7 Å². The largest absolute Gasteiger partial charge is 0.506 e. The smallest absolute Gasteiger partial charge is 0.272 e. The van der Waals surface area contributed by atoms with Crippen molar-refractivity contribution in [2.45, 2.75) is 26.3 Å². The minimum absolute atomic E-state index is 0.0712. The lowest BCUT2D eigenvalue weighted by Crippen LogP contribution is -2.40. The molecular formula is C18H19N5O2. The molecule has 0 saturated carbocycles. The maximum Gasteiger partial charge on any atom is 0.272 e. The third-order valence-electron chi connectivity index (χ3n) is 3.33. The van der Waals surface area contributed by atoms with E-state index in [1.165, 1.54) is 12.3 Å². The number of amides is 1. The molecule has 3 aromatic heterocycles. The highest BCUT2D eigenvalue weighted by Gasteiger charge is 2.21. The molecule has 0 aliphatic heterocycles. The normalized spacial score (nSPS) is 11.3. The predicted molar refractivity (Wildman–Crippen MR) is 93.5 cm³/mol. The second-order valence-electron chi connectivity index (χ2n) is 6.64. The average Bonchev–Trinajstić information content (AvgIpc) is 3.00. The molecule has 0 aromatic carbocycles. The van der Waals surface area contributed by atoms with Crippen molar-refractivity contribution in [3.05, 3.63) is 54.6 Å². The van der Waals surface area contributed by atoms with Crippen LogP contribution in [-0.4, -0.2) is 36.3 Å². The van der Waals surface area contributed by atoms with Crippen LogP contribution in [-0.2, 0) is 0 Å². The Kier molecular flexibility index (Phi) is 4.22. The molecule has 0 unspecified atom stereocenters. The molecule has 128 valence electrons. The molecule has 0 bridgehead atoms. The molecule has 25 heavy (non-hydrogen) atoms. The molecule has 3 aromatic rings. The van der Waals surface area contributed by atoms with Gasteiger partial charge in [-0.15, -0.1) is 0 Å². The van der Waals surface area contributed by atoms with Crippen LogP contribution >= 0.6 is 0 Å². The maximum atomic E-state index is 12.5. The standard InChI is InChI=1S/C18H19N5O2/c1-18(2,3)21-17(25)15-9-16(14-7-6-13(24)11-20-14)23(22-15)12-5-4-8-19-10-12/h4-11,24H,1-3H3,(H,21,25). The van der Waals surface area contributed by atoms with Gasteiger partial charge in [0.05, 0.1) is 29.5 Å². The molecule has 7 nitrogen and oxygen atoms in total. The lowest BCUT2D eigenvalue weighted by Gasteiger charge is -2.19.